The minimum Gasteiger partial charge on any atom is -0.345 e. The van der Waals surface area contributed by atoms with E-state index >= 15 is 0 Å². The lowest BCUT2D eigenvalue weighted by molar-refractivity contribution is -0.127. The molecule has 1 aromatic rings. The van der Waals surface area contributed by atoms with Crippen molar-refractivity contribution in [2.45, 2.75) is 19.3 Å². The Morgan fingerprint density at radius 2 is 1.94 bits per heavy atom. The zero-order chi connectivity index (χ0) is 11.8. The molecule has 0 spiro atoms. The van der Waals surface area contributed by atoms with Crippen LogP contribution in [0.1, 0.15) is 18.4 Å². The van der Waals surface area contributed by atoms with Crippen molar-refractivity contribution in [2.24, 2.45) is 0 Å². The molecule has 1 amide bonds. The molecule has 0 aromatic heterocycles. The molecule has 2 nitrogen and oxygen atoms in total. The number of carbonyl (C=O) groups is 1. The number of amides is 1. The van der Waals surface area contributed by atoms with E-state index in [0.717, 1.165) is 25.8 Å². The van der Waals surface area contributed by atoms with Crippen LogP contribution < -0.4 is 0 Å². The van der Waals surface area contributed by atoms with Crippen LogP contribution in [0.2, 0.25) is 0 Å². The van der Waals surface area contributed by atoms with Gasteiger partial charge in [0.2, 0.25) is 5.91 Å². The van der Waals surface area contributed by atoms with Crippen molar-refractivity contribution < 1.29 is 4.79 Å². The fourth-order valence-electron chi connectivity index (χ4n) is 1.55. The van der Waals surface area contributed by atoms with Gasteiger partial charge < -0.3 is 4.90 Å². The number of halogens is 1. The Balaban J connectivity index is 2.15. The van der Waals surface area contributed by atoms with Crippen LogP contribution in [0, 0.1) is 0 Å². The highest BCUT2D eigenvalue weighted by Gasteiger charge is 2.05. The van der Waals surface area contributed by atoms with Crippen molar-refractivity contribution in [3.63, 3.8) is 0 Å². The third kappa shape index (κ3) is 4.79. The fraction of sp³-hybridized carbons (Fsp3) is 0.462. The number of hydrogen-bond acceptors (Lipinski definition) is 1. The molecule has 0 atom stereocenters. The van der Waals surface area contributed by atoms with Gasteiger partial charge >= 0.3 is 0 Å². The Labute approximate surface area is 106 Å². The van der Waals surface area contributed by atoms with Gasteiger partial charge in [-0.3, -0.25) is 4.79 Å². The van der Waals surface area contributed by atoms with E-state index in [2.05, 4.69) is 40.2 Å². The molecule has 0 heterocycles. The number of aryl methyl sites for hydroxylation is 1. The maximum absolute atomic E-state index is 11.3. The van der Waals surface area contributed by atoms with Crippen molar-refractivity contribution in [1.82, 2.24) is 4.90 Å². The van der Waals surface area contributed by atoms with E-state index in [0.29, 0.717) is 5.33 Å². The quantitative estimate of drug-likeness (QED) is 0.581. The first kappa shape index (κ1) is 13.2. The van der Waals surface area contributed by atoms with Crippen LogP contribution >= 0.6 is 15.9 Å². The molecule has 0 aliphatic rings. The van der Waals surface area contributed by atoms with Gasteiger partial charge in [0.25, 0.3) is 0 Å². The molecule has 1 aromatic carbocycles. The topological polar surface area (TPSA) is 20.3 Å². The lowest BCUT2D eigenvalue weighted by Crippen LogP contribution is -2.28. The second-order valence-electron chi connectivity index (χ2n) is 3.89. The number of alkyl halides is 1. The fourth-order valence-corrected chi connectivity index (χ4v) is 1.98. The van der Waals surface area contributed by atoms with E-state index in [1.165, 1.54) is 5.56 Å². The van der Waals surface area contributed by atoms with Crippen LogP contribution in [0.3, 0.4) is 0 Å². The minimum absolute atomic E-state index is 0.153. The van der Waals surface area contributed by atoms with Gasteiger partial charge in [-0.05, 0) is 24.8 Å². The van der Waals surface area contributed by atoms with Gasteiger partial charge in [-0.15, -0.1) is 0 Å². The summed E-state index contributed by atoms with van der Waals surface area (Å²) in [5, 5.41) is 0.419. The number of unbranched alkanes of at least 4 members (excludes halogenated alkanes) is 1. The maximum atomic E-state index is 11.3. The van der Waals surface area contributed by atoms with Crippen molar-refractivity contribution >= 4 is 21.8 Å². The van der Waals surface area contributed by atoms with E-state index in [-0.39, 0.29) is 5.91 Å². The largest absolute Gasteiger partial charge is 0.345 e. The molecule has 88 valence electrons. The highest BCUT2D eigenvalue weighted by Crippen LogP contribution is 2.05. The van der Waals surface area contributed by atoms with Gasteiger partial charge in [0.1, 0.15) is 0 Å². The summed E-state index contributed by atoms with van der Waals surface area (Å²) < 4.78 is 0. The summed E-state index contributed by atoms with van der Waals surface area (Å²) in [6.45, 7) is 0.845. The molecule has 0 saturated carbocycles. The number of rotatable bonds is 6. The van der Waals surface area contributed by atoms with Crippen LogP contribution in [-0.2, 0) is 11.2 Å². The summed E-state index contributed by atoms with van der Waals surface area (Å²) in [4.78, 5) is 13.0. The van der Waals surface area contributed by atoms with E-state index < -0.39 is 0 Å². The second kappa shape index (κ2) is 7.44. The Kier molecular flexibility index (Phi) is 6.16. The third-order valence-corrected chi connectivity index (χ3v) is 3.07. The predicted molar refractivity (Wildman–Crippen MR) is 70.8 cm³/mol. The van der Waals surface area contributed by atoms with Gasteiger partial charge in [-0.2, -0.15) is 0 Å². The molecule has 0 aliphatic carbocycles. The smallest absolute Gasteiger partial charge is 0.232 e. The lowest BCUT2D eigenvalue weighted by Gasteiger charge is -2.15. The van der Waals surface area contributed by atoms with Gasteiger partial charge in [0, 0.05) is 13.6 Å². The number of hydrogen-bond donors (Lipinski definition) is 0. The van der Waals surface area contributed by atoms with E-state index in [9.17, 15) is 4.79 Å². The van der Waals surface area contributed by atoms with Crippen LogP contribution in [0.15, 0.2) is 30.3 Å². The van der Waals surface area contributed by atoms with E-state index in [1.807, 2.05) is 13.1 Å². The van der Waals surface area contributed by atoms with Gasteiger partial charge in [0.15, 0.2) is 0 Å². The monoisotopic (exact) mass is 283 g/mol. The lowest BCUT2D eigenvalue weighted by atomic mass is 10.1. The van der Waals surface area contributed by atoms with E-state index in [1.54, 1.807) is 4.90 Å². The van der Waals surface area contributed by atoms with Crippen molar-refractivity contribution in [3.8, 4) is 0 Å². The average Bonchev–Trinajstić information content (AvgIpc) is 2.34. The molecule has 0 saturated heterocycles. The molecule has 0 aliphatic heterocycles. The van der Waals surface area contributed by atoms with Crippen LogP contribution in [0.5, 0.6) is 0 Å². The zero-order valence-electron chi connectivity index (χ0n) is 9.66. The summed E-state index contributed by atoms with van der Waals surface area (Å²) >= 11 is 3.17. The SMILES string of the molecule is CN(CCCCc1ccccc1)C(=O)CBr. The molecular weight excluding hydrogens is 266 g/mol. The molecular formula is C13H18BrNO. The van der Waals surface area contributed by atoms with E-state index in [4.69, 9.17) is 0 Å². The number of carbonyl (C=O) groups excluding carboxylic acids is 1. The van der Waals surface area contributed by atoms with Crippen molar-refractivity contribution in [1.29, 1.82) is 0 Å². The number of nitrogens with zero attached hydrogens (tertiary/aromatic N) is 1. The Hall–Kier alpha value is -0.830. The van der Waals surface area contributed by atoms with Gasteiger partial charge in [0.05, 0.1) is 5.33 Å². The highest BCUT2D eigenvalue weighted by molar-refractivity contribution is 9.09. The Morgan fingerprint density at radius 1 is 1.25 bits per heavy atom. The van der Waals surface area contributed by atoms with Crippen LogP contribution in [-0.4, -0.2) is 29.7 Å². The minimum atomic E-state index is 0.153. The molecule has 1 rings (SSSR count). The summed E-state index contributed by atoms with van der Waals surface area (Å²) in [5.74, 6) is 0.153. The summed E-state index contributed by atoms with van der Waals surface area (Å²) in [6, 6.07) is 10.5. The van der Waals surface area contributed by atoms with Gasteiger partial charge in [-0.25, -0.2) is 0 Å². The first-order chi connectivity index (χ1) is 7.74. The molecule has 3 heteroatoms. The summed E-state index contributed by atoms with van der Waals surface area (Å²) in [6.07, 6.45) is 3.28. The highest BCUT2D eigenvalue weighted by atomic mass is 79.9. The standard InChI is InChI=1S/C13H18BrNO/c1-15(13(16)11-14)10-6-5-9-12-7-3-2-4-8-12/h2-4,7-8H,5-6,9-11H2,1H3. The van der Waals surface area contributed by atoms with Crippen LogP contribution in [0.25, 0.3) is 0 Å². The van der Waals surface area contributed by atoms with Gasteiger partial charge in [-0.1, -0.05) is 46.3 Å². The summed E-state index contributed by atoms with van der Waals surface area (Å²) in [7, 11) is 1.85. The molecule has 0 N–H and O–H groups in total. The molecule has 0 fully saturated rings. The molecule has 0 unspecified atom stereocenters. The average molecular weight is 284 g/mol. The Bertz CT molecular complexity index is 313. The first-order valence-electron chi connectivity index (χ1n) is 5.58. The molecule has 0 bridgehead atoms. The Morgan fingerprint density at radius 3 is 2.56 bits per heavy atom. The predicted octanol–water partition coefficient (Wildman–Crippen LogP) is 2.86. The number of benzene rings is 1. The first-order valence-corrected chi connectivity index (χ1v) is 6.70. The zero-order valence-corrected chi connectivity index (χ0v) is 11.2. The van der Waals surface area contributed by atoms with Crippen molar-refractivity contribution in [3.05, 3.63) is 35.9 Å². The maximum Gasteiger partial charge on any atom is 0.232 e. The molecule has 0 radical (unpaired) electrons. The second-order valence-corrected chi connectivity index (χ2v) is 4.45. The summed E-state index contributed by atoms with van der Waals surface area (Å²) in [5.41, 5.74) is 1.37. The van der Waals surface area contributed by atoms with Crippen molar-refractivity contribution in [2.75, 3.05) is 18.9 Å². The third-order valence-electron chi connectivity index (χ3n) is 2.59. The van der Waals surface area contributed by atoms with Crippen LogP contribution in [0.4, 0.5) is 0 Å². The molecule has 16 heavy (non-hydrogen) atoms. The normalized spacial score (nSPS) is 10.1.